The maximum Gasteiger partial charge on any atom is 0.308 e. The molecule has 0 amide bonds. The number of allylic oxidation sites excluding steroid dienone is 2. The number of carbonyl (C=O) groups is 2. The summed E-state index contributed by atoms with van der Waals surface area (Å²) in [4.78, 5) is 26.4. The Morgan fingerprint density at radius 3 is 1.95 bits per heavy atom. The van der Waals surface area contributed by atoms with Crippen LogP contribution in [0.4, 0.5) is 0 Å². The minimum absolute atomic E-state index is 0.0936. The van der Waals surface area contributed by atoms with Crippen molar-refractivity contribution in [3.8, 4) is 0 Å². The number of esters is 2. The molecule has 0 radical (unpaired) electrons. The van der Waals surface area contributed by atoms with Gasteiger partial charge in [-0.25, -0.2) is 0 Å². The minimum atomic E-state index is -2.07. The van der Waals surface area contributed by atoms with Crippen LogP contribution in [0, 0.1) is 11.8 Å². The molecular weight excluding hydrogens is 817 g/mol. The Balaban J connectivity index is 2.55. The molecule has 2 rings (SSSR count). The van der Waals surface area contributed by atoms with Gasteiger partial charge in [-0.2, -0.15) is 0 Å². The van der Waals surface area contributed by atoms with Gasteiger partial charge in [0.05, 0.1) is 30.3 Å². The van der Waals surface area contributed by atoms with E-state index in [-0.39, 0.29) is 48.7 Å². The summed E-state index contributed by atoms with van der Waals surface area (Å²) in [6.45, 7) is 34.6. The highest BCUT2D eigenvalue weighted by atomic mass is 28.4. The van der Waals surface area contributed by atoms with Gasteiger partial charge in [0.2, 0.25) is 0 Å². The molecule has 2 heterocycles. The fourth-order valence-electron chi connectivity index (χ4n) is 9.66. The van der Waals surface area contributed by atoms with Crippen LogP contribution in [0.2, 0.25) is 54.4 Å². The number of cyclic esters (lactones) is 1. The van der Waals surface area contributed by atoms with Crippen LogP contribution < -0.4 is 0 Å². The Labute approximate surface area is 377 Å². The minimum Gasteiger partial charge on any atom is -0.457 e. The number of carbonyl (C=O) groups excluding carboxylic acids is 2. The molecule has 1 saturated heterocycles. The lowest BCUT2D eigenvalue weighted by Crippen LogP contribution is -2.46. The maximum absolute atomic E-state index is 14.0. The van der Waals surface area contributed by atoms with Crippen LogP contribution in [-0.4, -0.2) is 91.8 Å². The van der Waals surface area contributed by atoms with Crippen molar-refractivity contribution in [3.63, 3.8) is 0 Å². The molecule has 10 unspecified atom stereocenters. The molecule has 0 saturated carbocycles. The monoisotopic (exact) mass is 909 g/mol. The van der Waals surface area contributed by atoms with Gasteiger partial charge in [0.15, 0.2) is 25.0 Å². The van der Waals surface area contributed by atoms with Crippen LogP contribution >= 0.6 is 0 Å². The highest BCUT2D eigenvalue weighted by molar-refractivity contribution is 6.74. The van der Waals surface area contributed by atoms with E-state index in [0.29, 0.717) is 18.8 Å². The molecule has 1 fully saturated rings. The largest absolute Gasteiger partial charge is 0.457 e. The molecule has 354 valence electrons. The SMILES string of the molecule is CCC(O[Si](CC)(CC)CC)C(C)C1OC1CC(C)(/C=C/C=C(\C)C1OC(=O)CC(O[Si](CC)(CC)CC)CCC(C)(OC)C(OC(C)=O)/C=C/C1C)O[Si](CC)(CC)CC. The molecule has 0 aromatic carbocycles. The molecule has 61 heavy (non-hydrogen) atoms. The second-order valence-electron chi connectivity index (χ2n) is 18.9. The number of epoxide rings is 1. The molecule has 0 bridgehead atoms. The van der Waals surface area contributed by atoms with Crippen LogP contribution in [0.25, 0.3) is 0 Å². The Bertz CT molecular complexity index is 1400. The first-order chi connectivity index (χ1) is 28.7. The summed E-state index contributed by atoms with van der Waals surface area (Å²) in [7, 11) is -4.20. The fourth-order valence-corrected chi connectivity index (χ4v) is 18.7. The third kappa shape index (κ3) is 15.6. The van der Waals surface area contributed by atoms with Crippen LogP contribution in [0.1, 0.15) is 143 Å². The number of methoxy groups -OCH3 is 1. The quantitative estimate of drug-likeness (QED) is 0.0291. The first kappa shape index (κ1) is 55.7. The summed E-state index contributed by atoms with van der Waals surface area (Å²) in [5, 5.41) is 0. The third-order valence-corrected chi connectivity index (χ3v) is 29.2. The van der Waals surface area contributed by atoms with Gasteiger partial charge in [0.1, 0.15) is 17.8 Å². The Morgan fingerprint density at radius 1 is 0.902 bits per heavy atom. The Hall–Kier alpha value is -1.39. The third-order valence-electron chi connectivity index (χ3n) is 15.1. The lowest BCUT2D eigenvalue weighted by Gasteiger charge is -2.39. The average molecular weight is 910 g/mol. The van der Waals surface area contributed by atoms with E-state index < -0.39 is 48.4 Å². The van der Waals surface area contributed by atoms with Crippen molar-refractivity contribution in [1.82, 2.24) is 0 Å². The standard InChI is InChI=1S/C49H92O9Si3/c1-18-42(57-60(22-5,23-6)24-7)39(13)47-43(54-47)36-48(15,58-61(25-8,26-9)27-10)33-28-29-37(11)46-38(12)30-31-44(53-40(14)50)49(16,52-17)34-32-41(35-45(51)55-46)56-59(19-2,20-3)21-4/h28-31,33,38-39,41-44,46-47H,18-27,32,34-36H2,1-17H3/b31-30+,33-28+,37-29+. The highest BCUT2D eigenvalue weighted by Crippen LogP contribution is 2.43. The van der Waals surface area contributed by atoms with Crippen LogP contribution in [0.3, 0.4) is 0 Å². The summed E-state index contributed by atoms with van der Waals surface area (Å²) in [5.41, 5.74) is -0.451. The van der Waals surface area contributed by atoms with E-state index in [1.165, 1.54) is 6.92 Å². The molecule has 0 aromatic rings. The smallest absolute Gasteiger partial charge is 0.308 e. The summed E-state index contributed by atoms with van der Waals surface area (Å²) < 4.78 is 46.3. The van der Waals surface area contributed by atoms with Crippen molar-refractivity contribution in [3.05, 3.63) is 36.0 Å². The van der Waals surface area contributed by atoms with Gasteiger partial charge in [0.25, 0.3) is 0 Å². The zero-order valence-corrected chi connectivity index (χ0v) is 45.1. The van der Waals surface area contributed by atoms with Crippen molar-refractivity contribution >= 4 is 36.9 Å². The lowest BCUT2D eigenvalue weighted by atomic mass is 9.88. The fraction of sp³-hybridized carbons (Fsp3) is 0.837. The lowest BCUT2D eigenvalue weighted by molar-refractivity contribution is -0.160. The zero-order chi connectivity index (χ0) is 46.2. The van der Waals surface area contributed by atoms with Crippen molar-refractivity contribution < 1.29 is 41.8 Å². The molecule has 10 atom stereocenters. The highest BCUT2D eigenvalue weighted by Gasteiger charge is 2.51. The second-order valence-corrected chi connectivity index (χ2v) is 33.0. The van der Waals surface area contributed by atoms with E-state index >= 15 is 0 Å². The van der Waals surface area contributed by atoms with E-state index in [1.54, 1.807) is 7.11 Å². The normalized spacial score (nSPS) is 28.6. The summed E-state index contributed by atoms with van der Waals surface area (Å²) in [6, 6.07) is 9.50. The zero-order valence-electron chi connectivity index (χ0n) is 42.1. The van der Waals surface area contributed by atoms with Gasteiger partial charge < -0.3 is 32.2 Å². The molecule has 0 spiro atoms. The van der Waals surface area contributed by atoms with Gasteiger partial charge in [-0.1, -0.05) is 107 Å². The topological polar surface area (TPSA) is 102 Å². The molecule has 0 N–H and O–H groups in total. The molecule has 0 aromatic heterocycles. The van der Waals surface area contributed by atoms with E-state index in [9.17, 15) is 9.59 Å². The average Bonchev–Trinajstić information content (AvgIpc) is 4.02. The molecule has 2 aliphatic rings. The second kappa shape index (κ2) is 25.3. The predicted octanol–water partition coefficient (Wildman–Crippen LogP) is 12.9. The predicted molar refractivity (Wildman–Crippen MR) is 259 cm³/mol. The van der Waals surface area contributed by atoms with E-state index in [1.807, 2.05) is 32.9 Å². The van der Waals surface area contributed by atoms with Crippen LogP contribution in [0.15, 0.2) is 36.0 Å². The van der Waals surface area contributed by atoms with Gasteiger partial charge in [0, 0.05) is 38.4 Å². The van der Waals surface area contributed by atoms with Crippen molar-refractivity contribution in [2.75, 3.05) is 7.11 Å². The molecule has 9 nitrogen and oxygen atoms in total. The number of rotatable bonds is 25. The van der Waals surface area contributed by atoms with Gasteiger partial charge in [-0.3, -0.25) is 9.59 Å². The van der Waals surface area contributed by atoms with Crippen molar-refractivity contribution in [2.45, 2.75) is 245 Å². The Morgan fingerprint density at radius 2 is 1.46 bits per heavy atom. The van der Waals surface area contributed by atoms with E-state index in [0.717, 1.165) is 72.8 Å². The molecule has 12 heteroatoms. The first-order valence-corrected chi connectivity index (χ1v) is 32.0. The Kier molecular flexibility index (Phi) is 23.2. The van der Waals surface area contributed by atoms with E-state index in [2.05, 4.69) is 101 Å². The van der Waals surface area contributed by atoms with Crippen LogP contribution in [0.5, 0.6) is 0 Å². The van der Waals surface area contributed by atoms with Crippen molar-refractivity contribution in [2.24, 2.45) is 11.8 Å². The maximum atomic E-state index is 14.0. The van der Waals surface area contributed by atoms with Crippen molar-refractivity contribution in [1.29, 1.82) is 0 Å². The number of hydrogen-bond acceptors (Lipinski definition) is 9. The van der Waals surface area contributed by atoms with Gasteiger partial charge >= 0.3 is 11.9 Å². The van der Waals surface area contributed by atoms with E-state index in [4.69, 9.17) is 32.2 Å². The molecular formula is C49H92O9Si3. The first-order valence-electron chi connectivity index (χ1n) is 24.4. The number of ether oxygens (including phenoxy) is 4. The number of hydrogen-bond donors (Lipinski definition) is 0. The summed E-state index contributed by atoms with van der Waals surface area (Å²) in [5.74, 6) is -0.575. The summed E-state index contributed by atoms with van der Waals surface area (Å²) in [6.07, 6.45) is 12.2. The molecule has 2 aliphatic heterocycles. The van der Waals surface area contributed by atoms with Gasteiger partial charge in [-0.05, 0) is 106 Å². The van der Waals surface area contributed by atoms with Crippen LogP contribution in [-0.2, 0) is 41.8 Å². The molecule has 0 aliphatic carbocycles. The van der Waals surface area contributed by atoms with Gasteiger partial charge in [-0.15, -0.1) is 0 Å². The summed E-state index contributed by atoms with van der Waals surface area (Å²) >= 11 is 0.